The highest BCUT2D eigenvalue weighted by atomic mass is 79.9. The van der Waals surface area contributed by atoms with Crippen molar-refractivity contribution < 1.29 is 9.47 Å². The summed E-state index contributed by atoms with van der Waals surface area (Å²) in [4.78, 5) is 1.26. The number of rotatable bonds is 5. The molecule has 1 heterocycles. The molecule has 0 radical (unpaired) electrons. The molecule has 0 unspecified atom stereocenters. The summed E-state index contributed by atoms with van der Waals surface area (Å²) in [5.41, 5.74) is 0.932. The van der Waals surface area contributed by atoms with Crippen LogP contribution in [0.3, 0.4) is 0 Å². The van der Waals surface area contributed by atoms with Crippen molar-refractivity contribution in [3.63, 3.8) is 0 Å². The highest BCUT2D eigenvalue weighted by molar-refractivity contribution is 9.11. The molecule has 0 aliphatic rings. The maximum absolute atomic E-state index is 5.31. The molecule has 2 rings (SSSR count). The normalized spacial score (nSPS) is 10.2. The van der Waals surface area contributed by atoms with Crippen molar-refractivity contribution in [2.75, 3.05) is 19.5 Å². The van der Waals surface area contributed by atoms with E-state index in [0.29, 0.717) is 0 Å². The maximum Gasteiger partial charge on any atom is 0.142 e. The first-order valence-corrected chi connectivity index (χ1v) is 7.04. The van der Waals surface area contributed by atoms with E-state index in [9.17, 15) is 0 Å². The van der Waals surface area contributed by atoms with Crippen LogP contribution >= 0.6 is 27.3 Å². The molecule has 2 aromatic rings. The monoisotopic (exact) mass is 327 g/mol. The molecule has 0 aliphatic carbocycles. The predicted octanol–water partition coefficient (Wildman–Crippen LogP) is 4.14. The Bertz CT molecular complexity index is 527. The minimum absolute atomic E-state index is 0.764. The Kier molecular flexibility index (Phi) is 4.49. The van der Waals surface area contributed by atoms with Crippen LogP contribution in [0, 0.1) is 0 Å². The Labute approximate surface area is 119 Å². The fourth-order valence-corrected chi connectivity index (χ4v) is 3.00. The van der Waals surface area contributed by atoms with E-state index >= 15 is 0 Å². The number of methoxy groups -OCH3 is 2. The van der Waals surface area contributed by atoms with Gasteiger partial charge in [0.05, 0.1) is 23.7 Å². The number of benzene rings is 1. The van der Waals surface area contributed by atoms with E-state index in [-0.39, 0.29) is 0 Å². The zero-order valence-electron chi connectivity index (χ0n) is 10.2. The summed E-state index contributed by atoms with van der Waals surface area (Å²) in [5.74, 6) is 1.62. The molecular weight excluding hydrogens is 314 g/mol. The van der Waals surface area contributed by atoms with E-state index in [1.807, 2.05) is 24.3 Å². The van der Waals surface area contributed by atoms with E-state index < -0.39 is 0 Å². The Hall–Kier alpha value is -1.20. The van der Waals surface area contributed by atoms with Crippen LogP contribution < -0.4 is 14.8 Å². The smallest absolute Gasteiger partial charge is 0.142 e. The Balaban J connectivity index is 2.11. The second kappa shape index (κ2) is 6.11. The lowest BCUT2D eigenvalue weighted by molar-refractivity contribution is 0.404. The number of anilines is 1. The predicted molar refractivity (Wildman–Crippen MR) is 78.9 cm³/mol. The van der Waals surface area contributed by atoms with Gasteiger partial charge < -0.3 is 14.8 Å². The maximum atomic E-state index is 5.31. The Morgan fingerprint density at radius 1 is 1.17 bits per heavy atom. The summed E-state index contributed by atoms with van der Waals surface area (Å²) in [6.07, 6.45) is 0. The van der Waals surface area contributed by atoms with Crippen molar-refractivity contribution in [1.82, 2.24) is 0 Å². The molecule has 0 saturated carbocycles. The molecule has 1 N–H and O–H groups in total. The topological polar surface area (TPSA) is 30.5 Å². The molecule has 1 aromatic carbocycles. The highest BCUT2D eigenvalue weighted by Crippen LogP contribution is 2.30. The number of thiophene rings is 1. The lowest BCUT2D eigenvalue weighted by Gasteiger charge is -2.11. The minimum atomic E-state index is 0.764. The molecule has 3 nitrogen and oxygen atoms in total. The zero-order valence-corrected chi connectivity index (χ0v) is 12.6. The molecule has 0 saturated heterocycles. The lowest BCUT2D eigenvalue weighted by atomic mass is 10.2. The van der Waals surface area contributed by atoms with E-state index in [1.165, 1.54) is 4.88 Å². The first-order valence-electron chi connectivity index (χ1n) is 5.43. The van der Waals surface area contributed by atoms with Crippen LogP contribution in [0.1, 0.15) is 4.88 Å². The van der Waals surface area contributed by atoms with Crippen LogP contribution in [0.25, 0.3) is 0 Å². The van der Waals surface area contributed by atoms with Crippen molar-refractivity contribution in [3.8, 4) is 11.5 Å². The van der Waals surface area contributed by atoms with Gasteiger partial charge in [0.1, 0.15) is 11.5 Å². The summed E-state index contributed by atoms with van der Waals surface area (Å²) in [5, 5.41) is 3.35. The average molecular weight is 328 g/mol. The van der Waals surface area contributed by atoms with Crippen molar-refractivity contribution in [2.24, 2.45) is 0 Å². The van der Waals surface area contributed by atoms with E-state index in [2.05, 4.69) is 27.3 Å². The van der Waals surface area contributed by atoms with Crippen LogP contribution in [0.5, 0.6) is 11.5 Å². The molecule has 96 valence electrons. The first-order chi connectivity index (χ1) is 8.72. The third-order valence-corrected chi connectivity index (χ3v) is 4.11. The second-order valence-electron chi connectivity index (χ2n) is 3.63. The second-order valence-corrected chi connectivity index (χ2v) is 6.17. The van der Waals surface area contributed by atoms with Gasteiger partial charge in [-0.3, -0.25) is 0 Å². The molecule has 1 aromatic heterocycles. The van der Waals surface area contributed by atoms with Crippen molar-refractivity contribution >= 4 is 33.0 Å². The van der Waals surface area contributed by atoms with Crippen molar-refractivity contribution in [3.05, 3.63) is 39.0 Å². The number of hydrogen-bond acceptors (Lipinski definition) is 4. The summed E-state index contributed by atoms with van der Waals surface area (Å²) >= 11 is 5.17. The van der Waals surface area contributed by atoms with Crippen molar-refractivity contribution in [2.45, 2.75) is 6.54 Å². The zero-order chi connectivity index (χ0) is 13.0. The van der Waals surface area contributed by atoms with Crippen LogP contribution in [-0.4, -0.2) is 14.2 Å². The molecule has 0 spiro atoms. The molecule has 0 amide bonds. The molecule has 0 atom stereocenters. The summed E-state index contributed by atoms with van der Waals surface area (Å²) in [6, 6.07) is 9.84. The fourth-order valence-electron chi connectivity index (χ4n) is 1.58. The number of nitrogens with one attached hydrogen (secondary N) is 1. The van der Waals surface area contributed by atoms with Gasteiger partial charge in [-0.25, -0.2) is 0 Å². The fraction of sp³-hybridized carbons (Fsp3) is 0.231. The molecule has 5 heteroatoms. The number of hydrogen-bond donors (Lipinski definition) is 1. The van der Waals surface area contributed by atoms with Gasteiger partial charge in [-0.15, -0.1) is 11.3 Å². The standard InChI is InChI=1S/C13H14BrNO2S/c1-16-9-3-5-12(17-2)11(7-9)15-8-10-4-6-13(14)18-10/h3-7,15H,8H2,1-2H3. The van der Waals surface area contributed by atoms with Gasteiger partial charge >= 0.3 is 0 Å². The van der Waals surface area contributed by atoms with Crippen LogP contribution in [-0.2, 0) is 6.54 Å². The van der Waals surface area contributed by atoms with Gasteiger partial charge in [0, 0.05) is 17.5 Å². The van der Waals surface area contributed by atoms with Gasteiger partial charge in [-0.1, -0.05) is 0 Å². The SMILES string of the molecule is COc1ccc(OC)c(NCc2ccc(Br)s2)c1. The van der Waals surface area contributed by atoms with E-state index in [1.54, 1.807) is 25.6 Å². The van der Waals surface area contributed by atoms with Gasteiger partial charge in [0.25, 0.3) is 0 Å². The third kappa shape index (κ3) is 3.17. The first kappa shape index (κ1) is 13.2. The van der Waals surface area contributed by atoms with Gasteiger partial charge in [-0.05, 0) is 40.2 Å². The van der Waals surface area contributed by atoms with Crippen LogP contribution in [0.2, 0.25) is 0 Å². The molecule has 0 fully saturated rings. The molecule has 18 heavy (non-hydrogen) atoms. The Morgan fingerprint density at radius 3 is 2.61 bits per heavy atom. The quantitative estimate of drug-likeness (QED) is 0.895. The van der Waals surface area contributed by atoms with Gasteiger partial charge in [0.2, 0.25) is 0 Å². The van der Waals surface area contributed by atoms with Crippen LogP contribution in [0.15, 0.2) is 34.1 Å². The van der Waals surface area contributed by atoms with E-state index in [4.69, 9.17) is 9.47 Å². The van der Waals surface area contributed by atoms with Gasteiger partial charge in [0.15, 0.2) is 0 Å². The lowest BCUT2D eigenvalue weighted by Crippen LogP contribution is -2.00. The molecule has 0 aliphatic heterocycles. The minimum Gasteiger partial charge on any atom is -0.497 e. The Morgan fingerprint density at radius 2 is 2.00 bits per heavy atom. The summed E-state index contributed by atoms with van der Waals surface area (Å²) in [7, 11) is 3.32. The van der Waals surface area contributed by atoms with Crippen molar-refractivity contribution in [1.29, 1.82) is 0 Å². The molecular formula is C13H14BrNO2S. The highest BCUT2D eigenvalue weighted by Gasteiger charge is 2.05. The number of ether oxygens (including phenoxy) is 2. The summed E-state index contributed by atoms with van der Waals surface area (Å²) < 4.78 is 11.7. The largest absolute Gasteiger partial charge is 0.497 e. The average Bonchev–Trinajstić information content (AvgIpc) is 2.81. The van der Waals surface area contributed by atoms with Gasteiger partial charge in [-0.2, -0.15) is 0 Å². The third-order valence-electron chi connectivity index (χ3n) is 2.49. The molecule has 0 bridgehead atoms. The number of halogens is 1. The van der Waals surface area contributed by atoms with Crippen LogP contribution in [0.4, 0.5) is 5.69 Å². The van der Waals surface area contributed by atoms with E-state index in [0.717, 1.165) is 27.5 Å². The summed E-state index contributed by atoms with van der Waals surface area (Å²) in [6.45, 7) is 0.764.